The van der Waals surface area contributed by atoms with E-state index in [9.17, 15) is 26.4 Å². The van der Waals surface area contributed by atoms with Crippen LogP contribution in [0.2, 0.25) is 0 Å². The van der Waals surface area contributed by atoms with Gasteiger partial charge < -0.3 is 9.64 Å². The van der Waals surface area contributed by atoms with Crippen LogP contribution < -0.4 is 4.74 Å². The monoisotopic (exact) mass is 484 g/mol. The molecule has 0 bridgehead atoms. The molecular formula is C23H27F3N2O4S. The largest absolute Gasteiger partial charge is 0.491 e. The molecule has 2 aromatic carbocycles. The van der Waals surface area contributed by atoms with Gasteiger partial charge >= 0.3 is 0 Å². The van der Waals surface area contributed by atoms with Gasteiger partial charge in [-0.25, -0.2) is 21.6 Å². The number of hydrogen-bond donors (Lipinski definition) is 0. The van der Waals surface area contributed by atoms with Crippen LogP contribution in [0.25, 0.3) is 0 Å². The fourth-order valence-electron chi connectivity index (χ4n) is 3.73. The van der Waals surface area contributed by atoms with Crippen LogP contribution >= 0.6 is 0 Å². The third-order valence-corrected chi connectivity index (χ3v) is 7.53. The molecule has 0 spiro atoms. The number of sulfonamides is 1. The van der Waals surface area contributed by atoms with E-state index < -0.39 is 32.9 Å². The van der Waals surface area contributed by atoms with Crippen molar-refractivity contribution in [3.63, 3.8) is 0 Å². The Hall–Kier alpha value is -2.59. The second kappa shape index (κ2) is 10.1. The van der Waals surface area contributed by atoms with E-state index in [-0.39, 0.29) is 49.3 Å². The lowest BCUT2D eigenvalue weighted by Gasteiger charge is -2.38. The van der Waals surface area contributed by atoms with Gasteiger partial charge in [0.2, 0.25) is 15.9 Å². The van der Waals surface area contributed by atoms with E-state index in [1.807, 2.05) is 0 Å². The van der Waals surface area contributed by atoms with Crippen molar-refractivity contribution < 1.29 is 31.1 Å². The van der Waals surface area contributed by atoms with Crippen LogP contribution in [0.4, 0.5) is 13.2 Å². The highest BCUT2D eigenvalue weighted by atomic mass is 32.2. The number of nitrogens with zero attached hydrogens (tertiary/aromatic N) is 2. The average molecular weight is 485 g/mol. The molecule has 6 nitrogen and oxygen atoms in total. The molecule has 3 rings (SSSR count). The van der Waals surface area contributed by atoms with Crippen LogP contribution in [0.3, 0.4) is 0 Å². The molecular weight excluding hydrogens is 457 g/mol. The third-order valence-electron chi connectivity index (χ3n) is 5.64. The first-order valence-corrected chi connectivity index (χ1v) is 12.1. The predicted octanol–water partition coefficient (Wildman–Crippen LogP) is 3.82. The summed E-state index contributed by atoms with van der Waals surface area (Å²) in [5, 5.41) is 0. The molecule has 0 N–H and O–H groups in total. The van der Waals surface area contributed by atoms with Crippen LogP contribution in [0, 0.1) is 22.9 Å². The van der Waals surface area contributed by atoms with E-state index >= 15 is 0 Å². The molecule has 0 unspecified atom stereocenters. The fourth-order valence-corrected chi connectivity index (χ4v) is 5.19. The number of halogens is 3. The molecule has 1 aliphatic rings. The predicted molar refractivity (Wildman–Crippen MR) is 117 cm³/mol. The zero-order valence-corrected chi connectivity index (χ0v) is 19.4. The molecule has 1 amide bonds. The number of rotatable bonds is 8. The Morgan fingerprint density at radius 2 is 1.67 bits per heavy atom. The minimum Gasteiger partial charge on any atom is -0.491 e. The van der Waals surface area contributed by atoms with Gasteiger partial charge in [-0.05, 0) is 43.2 Å². The standard InChI is InChI=1S/C23H27F3N2O4S/c1-23(2,9-4-14-32-21-8-7-18(25)16-20(21)26)22(29)27-10-12-28(13-11-27)33(30,31)19-6-3-5-17(24)15-19/h3,5-8,15-16H,4,9-14H2,1-2H3. The summed E-state index contributed by atoms with van der Waals surface area (Å²) in [5.41, 5.74) is -0.728. The minimum atomic E-state index is -3.83. The van der Waals surface area contributed by atoms with Gasteiger partial charge in [-0.2, -0.15) is 4.31 Å². The molecule has 0 saturated carbocycles. The van der Waals surface area contributed by atoms with Crippen molar-refractivity contribution in [2.75, 3.05) is 32.8 Å². The molecule has 1 fully saturated rings. The molecule has 2 aromatic rings. The van der Waals surface area contributed by atoms with Gasteiger partial charge in [0.05, 0.1) is 11.5 Å². The molecule has 0 aliphatic carbocycles. The number of benzene rings is 2. The quantitative estimate of drug-likeness (QED) is 0.535. The van der Waals surface area contributed by atoms with E-state index in [0.29, 0.717) is 12.8 Å². The van der Waals surface area contributed by atoms with Gasteiger partial charge in [-0.3, -0.25) is 4.79 Å². The van der Waals surface area contributed by atoms with Crippen LogP contribution in [0.15, 0.2) is 47.4 Å². The SMILES string of the molecule is CC(C)(CCCOc1ccc(F)cc1F)C(=O)N1CCN(S(=O)(=O)c2cccc(F)c2)CC1. The maximum Gasteiger partial charge on any atom is 0.243 e. The van der Waals surface area contributed by atoms with Gasteiger partial charge in [-0.1, -0.05) is 19.9 Å². The van der Waals surface area contributed by atoms with Crippen molar-refractivity contribution >= 4 is 15.9 Å². The lowest BCUT2D eigenvalue weighted by molar-refractivity contribution is -0.142. The lowest BCUT2D eigenvalue weighted by Crippen LogP contribution is -2.53. The molecule has 0 atom stereocenters. The summed E-state index contributed by atoms with van der Waals surface area (Å²) in [6, 6.07) is 7.93. The molecule has 180 valence electrons. The van der Waals surface area contributed by atoms with Gasteiger partial charge in [-0.15, -0.1) is 0 Å². The molecule has 0 radical (unpaired) electrons. The van der Waals surface area contributed by atoms with Crippen molar-refractivity contribution in [1.29, 1.82) is 0 Å². The Morgan fingerprint density at radius 3 is 2.30 bits per heavy atom. The number of hydrogen-bond acceptors (Lipinski definition) is 4. The maximum absolute atomic E-state index is 13.6. The summed E-state index contributed by atoms with van der Waals surface area (Å²) in [4.78, 5) is 14.5. The van der Waals surface area contributed by atoms with Crippen LogP contribution in [-0.4, -0.2) is 56.3 Å². The zero-order valence-electron chi connectivity index (χ0n) is 18.6. The molecule has 0 aromatic heterocycles. The molecule has 1 saturated heterocycles. The number of carbonyl (C=O) groups excluding carboxylic acids is 1. The first kappa shape index (κ1) is 25.0. The van der Waals surface area contributed by atoms with E-state index in [1.165, 1.54) is 28.6 Å². The average Bonchev–Trinajstić information content (AvgIpc) is 2.77. The third kappa shape index (κ3) is 6.05. The highest BCUT2D eigenvalue weighted by Crippen LogP contribution is 2.27. The fraction of sp³-hybridized carbons (Fsp3) is 0.435. The molecule has 1 aliphatic heterocycles. The van der Waals surface area contributed by atoms with Gasteiger partial charge in [0, 0.05) is 37.7 Å². The Morgan fingerprint density at radius 1 is 1.00 bits per heavy atom. The van der Waals surface area contributed by atoms with Crippen LogP contribution in [-0.2, 0) is 14.8 Å². The van der Waals surface area contributed by atoms with Crippen molar-refractivity contribution in [3.8, 4) is 5.75 Å². The smallest absolute Gasteiger partial charge is 0.243 e. The zero-order chi connectivity index (χ0) is 24.2. The molecule has 10 heteroatoms. The Kier molecular flexibility index (Phi) is 7.69. The normalized spacial score (nSPS) is 15.5. The number of carbonyl (C=O) groups is 1. The first-order valence-electron chi connectivity index (χ1n) is 10.6. The lowest BCUT2D eigenvalue weighted by atomic mass is 9.86. The maximum atomic E-state index is 13.6. The minimum absolute atomic E-state index is 0.0452. The summed E-state index contributed by atoms with van der Waals surface area (Å²) in [5.74, 6) is -2.25. The van der Waals surface area contributed by atoms with Crippen LogP contribution in [0.1, 0.15) is 26.7 Å². The van der Waals surface area contributed by atoms with Crippen molar-refractivity contribution in [3.05, 3.63) is 59.9 Å². The molecule has 33 heavy (non-hydrogen) atoms. The molecule has 1 heterocycles. The van der Waals surface area contributed by atoms with Gasteiger partial charge in [0.15, 0.2) is 11.6 Å². The van der Waals surface area contributed by atoms with Crippen molar-refractivity contribution in [1.82, 2.24) is 9.21 Å². The Bertz CT molecular complexity index is 1100. The van der Waals surface area contributed by atoms with E-state index in [4.69, 9.17) is 4.74 Å². The highest BCUT2D eigenvalue weighted by molar-refractivity contribution is 7.89. The summed E-state index contributed by atoms with van der Waals surface area (Å²) in [6.45, 7) is 4.45. The van der Waals surface area contributed by atoms with Crippen LogP contribution in [0.5, 0.6) is 5.75 Å². The summed E-state index contributed by atoms with van der Waals surface area (Å²) >= 11 is 0. The highest BCUT2D eigenvalue weighted by Gasteiger charge is 2.36. The number of piperazine rings is 1. The summed E-state index contributed by atoms with van der Waals surface area (Å²) in [6.07, 6.45) is 0.944. The number of ether oxygens (including phenoxy) is 1. The summed E-state index contributed by atoms with van der Waals surface area (Å²) < 4.78 is 72.1. The second-order valence-corrected chi connectivity index (χ2v) is 10.5. The van der Waals surface area contributed by atoms with Gasteiger partial charge in [0.25, 0.3) is 0 Å². The Labute approximate surface area is 192 Å². The topological polar surface area (TPSA) is 66.9 Å². The van der Waals surface area contributed by atoms with Crippen molar-refractivity contribution in [2.45, 2.75) is 31.6 Å². The van der Waals surface area contributed by atoms with E-state index in [2.05, 4.69) is 0 Å². The first-order chi connectivity index (χ1) is 15.5. The van der Waals surface area contributed by atoms with E-state index in [0.717, 1.165) is 18.2 Å². The van der Waals surface area contributed by atoms with Crippen molar-refractivity contribution in [2.24, 2.45) is 5.41 Å². The second-order valence-electron chi connectivity index (χ2n) is 8.56. The number of amides is 1. The van der Waals surface area contributed by atoms with E-state index in [1.54, 1.807) is 18.7 Å². The Balaban J connectivity index is 1.50. The van der Waals surface area contributed by atoms with Gasteiger partial charge in [0.1, 0.15) is 11.6 Å². The summed E-state index contributed by atoms with van der Waals surface area (Å²) in [7, 11) is -3.83.